The number of imidazole rings is 1. The van der Waals surface area contributed by atoms with E-state index in [1.165, 1.54) is 3.57 Å². The van der Waals surface area contributed by atoms with Gasteiger partial charge in [-0.2, -0.15) is 0 Å². The van der Waals surface area contributed by atoms with Crippen molar-refractivity contribution in [3.63, 3.8) is 0 Å². The smallest absolute Gasteiger partial charge is 0.125 e. The van der Waals surface area contributed by atoms with Crippen molar-refractivity contribution in [1.29, 1.82) is 0 Å². The van der Waals surface area contributed by atoms with Gasteiger partial charge in [0.25, 0.3) is 0 Å². The topological polar surface area (TPSA) is 40.7 Å². The maximum Gasteiger partial charge on any atom is 0.125 e. The standard InChI is InChI=1S/C12H14IN3/c1-8-9(2)16-12(15-8)7-14-11-5-3-4-10(13)6-11/h3-6,14H,7H2,1-2H3,(H,15,16). The number of H-pyrrole nitrogens is 1. The van der Waals surface area contributed by atoms with E-state index in [1.54, 1.807) is 0 Å². The Balaban J connectivity index is 2.02. The largest absolute Gasteiger partial charge is 0.378 e. The lowest BCUT2D eigenvalue weighted by atomic mass is 10.3. The molecule has 1 aromatic carbocycles. The fourth-order valence-electron chi connectivity index (χ4n) is 1.49. The van der Waals surface area contributed by atoms with E-state index < -0.39 is 0 Å². The summed E-state index contributed by atoms with van der Waals surface area (Å²) < 4.78 is 1.23. The molecule has 0 unspecified atom stereocenters. The zero-order valence-corrected chi connectivity index (χ0v) is 11.5. The van der Waals surface area contributed by atoms with Crippen LogP contribution in [0, 0.1) is 17.4 Å². The Morgan fingerprint density at radius 2 is 2.19 bits per heavy atom. The zero-order chi connectivity index (χ0) is 11.5. The van der Waals surface area contributed by atoms with Crippen LogP contribution in [0.2, 0.25) is 0 Å². The molecule has 0 fully saturated rings. The Morgan fingerprint density at radius 3 is 2.81 bits per heavy atom. The molecule has 16 heavy (non-hydrogen) atoms. The van der Waals surface area contributed by atoms with Crippen LogP contribution in [0.25, 0.3) is 0 Å². The average molecular weight is 327 g/mol. The molecule has 0 bridgehead atoms. The highest BCUT2D eigenvalue weighted by Gasteiger charge is 2.01. The van der Waals surface area contributed by atoms with Crippen LogP contribution in [-0.4, -0.2) is 9.97 Å². The molecule has 2 N–H and O–H groups in total. The number of aromatic nitrogens is 2. The van der Waals surface area contributed by atoms with E-state index in [-0.39, 0.29) is 0 Å². The Labute approximate surface area is 109 Å². The van der Waals surface area contributed by atoms with Crippen LogP contribution >= 0.6 is 22.6 Å². The predicted molar refractivity (Wildman–Crippen MR) is 74.5 cm³/mol. The van der Waals surface area contributed by atoms with Gasteiger partial charge < -0.3 is 10.3 Å². The van der Waals surface area contributed by atoms with Crippen LogP contribution in [0.15, 0.2) is 24.3 Å². The number of aromatic amines is 1. The van der Waals surface area contributed by atoms with Gasteiger partial charge in [0.1, 0.15) is 5.82 Å². The first kappa shape index (κ1) is 11.4. The highest BCUT2D eigenvalue weighted by atomic mass is 127. The predicted octanol–water partition coefficient (Wildman–Crippen LogP) is 3.24. The summed E-state index contributed by atoms with van der Waals surface area (Å²) in [6.07, 6.45) is 0. The first-order valence-electron chi connectivity index (χ1n) is 5.16. The molecule has 0 aliphatic rings. The maximum atomic E-state index is 4.43. The van der Waals surface area contributed by atoms with Crippen molar-refractivity contribution in [3.05, 3.63) is 45.0 Å². The van der Waals surface area contributed by atoms with Gasteiger partial charge in [0.2, 0.25) is 0 Å². The van der Waals surface area contributed by atoms with Gasteiger partial charge in [0, 0.05) is 15.0 Å². The Bertz CT molecular complexity index is 471. The van der Waals surface area contributed by atoms with E-state index in [4.69, 9.17) is 0 Å². The number of nitrogens with one attached hydrogen (secondary N) is 2. The minimum atomic E-state index is 0.731. The van der Waals surface area contributed by atoms with E-state index in [9.17, 15) is 0 Å². The zero-order valence-electron chi connectivity index (χ0n) is 9.34. The summed E-state index contributed by atoms with van der Waals surface area (Å²) in [4.78, 5) is 7.68. The molecular weight excluding hydrogens is 313 g/mol. The fraction of sp³-hybridized carbons (Fsp3) is 0.250. The molecule has 0 aliphatic heterocycles. The van der Waals surface area contributed by atoms with Gasteiger partial charge in [-0.25, -0.2) is 4.98 Å². The van der Waals surface area contributed by atoms with Gasteiger partial charge in [0.05, 0.1) is 12.2 Å². The van der Waals surface area contributed by atoms with E-state index in [0.717, 1.165) is 29.4 Å². The van der Waals surface area contributed by atoms with Crippen LogP contribution in [0.4, 0.5) is 5.69 Å². The molecule has 2 rings (SSSR count). The summed E-state index contributed by atoms with van der Waals surface area (Å²) >= 11 is 2.31. The number of halogens is 1. The van der Waals surface area contributed by atoms with E-state index in [2.05, 4.69) is 56.1 Å². The number of rotatable bonds is 3. The van der Waals surface area contributed by atoms with Crippen molar-refractivity contribution in [2.45, 2.75) is 20.4 Å². The van der Waals surface area contributed by atoms with E-state index in [0.29, 0.717) is 0 Å². The lowest BCUT2D eigenvalue weighted by Crippen LogP contribution is -2.01. The monoisotopic (exact) mass is 327 g/mol. The third-order valence-corrected chi connectivity index (χ3v) is 3.13. The summed E-state index contributed by atoms with van der Waals surface area (Å²) in [7, 11) is 0. The highest BCUT2D eigenvalue weighted by Crippen LogP contribution is 2.13. The molecule has 3 nitrogen and oxygen atoms in total. The van der Waals surface area contributed by atoms with Gasteiger partial charge >= 0.3 is 0 Å². The normalized spacial score (nSPS) is 10.4. The number of hydrogen-bond donors (Lipinski definition) is 2. The van der Waals surface area contributed by atoms with Gasteiger partial charge in [-0.3, -0.25) is 0 Å². The molecule has 0 atom stereocenters. The molecule has 2 aromatic rings. The molecular formula is C12H14IN3. The van der Waals surface area contributed by atoms with Gasteiger partial charge in [-0.15, -0.1) is 0 Å². The van der Waals surface area contributed by atoms with Gasteiger partial charge in [0.15, 0.2) is 0 Å². The van der Waals surface area contributed by atoms with Crippen molar-refractivity contribution in [2.24, 2.45) is 0 Å². The molecule has 0 saturated heterocycles. The van der Waals surface area contributed by atoms with Crippen molar-refractivity contribution in [3.8, 4) is 0 Å². The molecule has 1 aromatic heterocycles. The van der Waals surface area contributed by atoms with Crippen LogP contribution in [0.5, 0.6) is 0 Å². The maximum absolute atomic E-state index is 4.43. The number of anilines is 1. The van der Waals surface area contributed by atoms with Crippen LogP contribution < -0.4 is 5.32 Å². The summed E-state index contributed by atoms with van der Waals surface area (Å²) in [6, 6.07) is 8.30. The Morgan fingerprint density at radius 1 is 1.38 bits per heavy atom. The molecule has 84 valence electrons. The number of benzene rings is 1. The molecule has 0 amide bonds. The minimum absolute atomic E-state index is 0.731. The summed E-state index contributed by atoms with van der Waals surface area (Å²) in [5, 5.41) is 3.34. The third kappa shape index (κ3) is 2.75. The number of nitrogens with zero attached hydrogens (tertiary/aromatic N) is 1. The molecule has 4 heteroatoms. The Hall–Kier alpha value is -1.04. The SMILES string of the molecule is Cc1nc(CNc2cccc(I)c2)[nH]c1C. The van der Waals surface area contributed by atoms with Crippen LogP contribution in [-0.2, 0) is 6.54 Å². The van der Waals surface area contributed by atoms with Crippen molar-refractivity contribution in [1.82, 2.24) is 9.97 Å². The van der Waals surface area contributed by atoms with Gasteiger partial charge in [-0.1, -0.05) is 6.07 Å². The molecule has 0 saturated carbocycles. The molecule has 1 heterocycles. The van der Waals surface area contributed by atoms with Crippen LogP contribution in [0.1, 0.15) is 17.2 Å². The Kier molecular flexibility index (Phi) is 3.48. The first-order valence-corrected chi connectivity index (χ1v) is 6.24. The number of aryl methyl sites for hydroxylation is 2. The summed E-state index contributed by atoms with van der Waals surface area (Å²) in [6.45, 7) is 4.78. The van der Waals surface area contributed by atoms with Crippen LogP contribution in [0.3, 0.4) is 0 Å². The second-order valence-electron chi connectivity index (χ2n) is 3.76. The second kappa shape index (κ2) is 4.86. The fourth-order valence-corrected chi connectivity index (χ4v) is 2.03. The van der Waals surface area contributed by atoms with E-state index >= 15 is 0 Å². The summed E-state index contributed by atoms with van der Waals surface area (Å²) in [5.41, 5.74) is 3.33. The van der Waals surface area contributed by atoms with Crippen molar-refractivity contribution in [2.75, 3.05) is 5.32 Å². The molecule has 0 radical (unpaired) electrons. The highest BCUT2D eigenvalue weighted by molar-refractivity contribution is 14.1. The lowest BCUT2D eigenvalue weighted by Gasteiger charge is -2.04. The molecule has 0 aliphatic carbocycles. The van der Waals surface area contributed by atoms with Crippen molar-refractivity contribution < 1.29 is 0 Å². The van der Waals surface area contributed by atoms with Crippen molar-refractivity contribution >= 4 is 28.3 Å². The average Bonchev–Trinajstić information content (AvgIpc) is 2.56. The third-order valence-electron chi connectivity index (χ3n) is 2.46. The molecule has 0 spiro atoms. The first-order chi connectivity index (χ1) is 7.65. The summed E-state index contributed by atoms with van der Waals surface area (Å²) in [5.74, 6) is 0.980. The lowest BCUT2D eigenvalue weighted by molar-refractivity contribution is 0.987. The number of hydrogen-bond acceptors (Lipinski definition) is 2. The quantitative estimate of drug-likeness (QED) is 0.850. The minimum Gasteiger partial charge on any atom is -0.378 e. The van der Waals surface area contributed by atoms with E-state index in [1.807, 2.05) is 19.9 Å². The van der Waals surface area contributed by atoms with Gasteiger partial charge in [-0.05, 0) is 54.6 Å². The second-order valence-corrected chi connectivity index (χ2v) is 5.00.